The number of alkyl halides is 1. The second kappa shape index (κ2) is 9.86. The first kappa shape index (κ1) is 21.9. The Morgan fingerprint density at radius 1 is 1.29 bits per heavy atom. The van der Waals surface area contributed by atoms with Crippen LogP contribution in [0.15, 0.2) is 41.5 Å². The summed E-state index contributed by atoms with van der Waals surface area (Å²) in [6.07, 6.45) is 7.65. The molecule has 1 fully saturated rings. The molecule has 1 aromatic rings. The lowest BCUT2D eigenvalue weighted by molar-refractivity contribution is 0.174. The van der Waals surface area contributed by atoms with Crippen LogP contribution in [-0.4, -0.2) is 43.2 Å². The van der Waals surface area contributed by atoms with Crippen molar-refractivity contribution in [2.75, 3.05) is 26.2 Å². The van der Waals surface area contributed by atoms with Crippen LogP contribution >= 0.6 is 0 Å². The van der Waals surface area contributed by atoms with Crippen LogP contribution in [0.2, 0.25) is 0 Å². The number of benzene rings is 1. The highest BCUT2D eigenvalue weighted by Crippen LogP contribution is 2.34. The zero-order chi connectivity index (χ0) is 21.8. The number of carbonyl (C=O) groups excluding carboxylic acids is 1. The molecule has 0 aromatic heterocycles. The van der Waals surface area contributed by atoms with E-state index in [0.717, 1.165) is 49.4 Å². The van der Waals surface area contributed by atoms with Crippen molar-refractivity contribution in [2.24, 2.45) is 5.92 Å². The van der Waals surface area contributed by atoms with Crippen LogP contribution in [0.3, 0.4) is 0 Å². The van der Waals surface area contributed by atoms with Gasteiger partial charge in [0.2, 0.25) is 0 Å². The predicted molar refractivity (Wildman–Crippen MR) is 121 cm³/mol. The lowest BCUT2D eigenvalue weighted by Gasteiger charge is -2.32. The Labute approximate surface area is 184 Å². The van der Waals surface area contributed by atoms with E-state index >= 15 is 0 Å². The number of nitrogens with zero attached hydrogens (tertiary/aromatic N) is 1. The van der Waals surface area contributed by atoms with Crippen LogP contribution in [0.4, 0.5) is 9.18 Å². The molecule has 1 saturated carbocycles. The lowest BCUT2D eigenvalue weighted by atomic mass is 9.92. The molecule has 0 radical (unpaired) electrons. The van der Waals surface area contributed by atoms with Crippen molar-refractivity contribution in [3.05, 3.63) is 52.6 Å². The van der Waals surface area contributed by atoms with Crippen molar-refractivity contribution in [1.82, 2.24) is 15.5 Å². The monoisotopic (exact) mass is 427 g/mol. The molecule has 5 nitrogen and oxygen atoms in total. The number of rotatable bonds is 8. The van der Waals surface area contributed by atoms with E-state index in [1.807, 2.05) is 32.0 Å². The molecule has 1 aliphatic heterocycles. The number of allylic oxidation sites excluding steroid dienone is 2. The number of amides is 2. The van der Waals surface area contributed by atoms with Gasteiger partial charge in [0.15, 0.2) is 0 Å². The van der Waals surface area contributed by atoms with Gasteiger partial charge in [-0.15, -0.1) is 0 Å². The second-order valence-electron chi connectivity index (χ2n) is 9.04. The van der Waals surface area contributed by atoms with Crippen LogP contribution in [0.5, 0.6) is 5.75 Å². The van der Waals surface area contributed by atoms with E-state index in [1.165, 1.54) is 24.0 Å². The van der Waals surface area contributed by atoms with Crippen molar-refractivity contribution >= 4 is 6.03 Å². The number of ether oxygens (including phenoxy) is 1. The summed E-state index contributed by atoms with van der Waals surface area (Å²) in [5.74, 6) is 1.49. The summed E-state index contributed by atoms with van der Waals surface area (Å²) < 4.78 is 20.8. The largest absolute Gasteiger partial charge is 0.493 e. The molecule has 2 aliphatic carbocycles. The van der Waals surface area contributed by atoms with Crippen LogP contribution in [-0.2, 0) is 6.54 Å². The van der Waals surface area contributed by atoms with Gasteiger partial charge in [0.25, 0.3) is 0 Å². The number of carbonyl (C=O) groups is 1. The van der Waals surface area contributed by atoms with E-state index < -0.39 is 6.17 Å². The highest BCUT2D eigenvalue weighted by atomic mass is 19.1. The molecule has 1 unspecified atom stereocenters. The summed E-state index contributed by atoms with van der Waals surface area (Å²) in [6, 6.07) is 5.79. The Bertz CT molecular complexity index is 862. The Kier molecular flexibility index (Phi) is 6.96. The van der Waals surface area contributed by atoms with E-state index in [-0.39, 0.29) is 12.1 Å². The summed E-state index contributed by atoms with van der Waals surface area (Å²) in [7, 11) is 0. The highest BCUT2D eigenvalue weighted by molar-refractivity contribution is 5.74. The maximum absolute atomic E-state index is 14.9. The summed E-state index contributed by atoms with van der Waals surface area (Å²) >= 11 is 0. The number of fused-ring (bicyclic) bond motifs is 1. The van der Waals surface area contributed by atoms with Crippen molar-refractivity contribution in [2.45, 2.75) is 58.3 Å². The maximum atomic E-state index is 14.9. The van der Waals surface area contributed by atoms with Crippen molar-refractivity contribution in [3.8, 4) is 5.75 Å². The number of urea groups is 1. The molecule has 2 atom stereocenters. The molecule has 168 valence electrons. The van der Waals surface area contributed by atoms with Gasteiger partial charge in [0.1, 0.15) is 11.9 Å². The van der Waals surface area contributed by atoms with Gasteiger partial charge in [0.05, 0.1) is 6.61 Å². The third-order valence-corrected chi connectivity index (χ3v) is 6.39. The SMILES string of the molecule is CCNC(=O)N[C@@H](C)C1=CC=C(CN2Cc3ccc(OCC4CC4)cc3C(F)C2)CC1. The van der Waals surface area contributed by atoms with Crippen LogP contribution in [0, 0.1) is 5.92 Å². The fourth-order valence-electron chi connectivity index (χ4n) is 4.33. The van der Waals surface area contributed by atoms with Gasteiger partial charge in [-0.1, -0.05) is 23.8 Å². The molecule has 0 spiro atoms. The third kappa shape index (κ3) is 5.88. The molecular formula is C25H34FN3O2. The van der Waals surface area contributed by atoms with Gasteiger partial charge in [0, 0.05) is 32.2 Å². The standard InChI is InChI=1S/C25H34FN3O2/c1-3-27-25(30)28-17(2)20-8-6-18(7-9-20)13-29-14-21-10-11-22(31-16-19-4-5-19)12-23(21)24(26)15-29/h6,8,10-12,17,19,24H,3-5,7,9,13-16H2,1-2H3,(H2,27,28,30)/t17-,24?/m0/s1. The van der Waals surface area contributed by atoms with Crippen molar-refractivity contribution in [1.29, 1.82) is 0 Å². The fraction of sp³-hybridized carbons (Fsp3) is 0.560. The maximum Gasteiger partial charge on any atom is 0.315 e. The number of hydrogen-bond donors (Lipinski definition) is 2. The van der Waals surface area contributed by atoms with E-state index in [2.05, 4.69) is 27.7 Å². The number of nitrogens with one attached hydrogen (secondary N) is 2. The second-order valence-corrected chi connectivity index (χ2v) is 9.04. The molecule has 6 heteroatoms. The van der Waals surface area contributed by atoms with Crippen molar-refractivity contribution in [3.63, 3.8) is 0 Å². The molecule has 3 aliphatic rings. The van der Waals surface area contributed by atoms with Crippen LogP contribution in [0.1, 0.15) is 56.8 Å². The summed E-state index contributed by atoms with van der Waals surface area (Å²) in [5, 5.41) is 5.73. The molecule has 4 rings (SSSR count). The van der Waals surface area contributed by atoms with Crippen LogP contribution in [0.25, 0.3) is 0 Å². The van der Waals surface area contributed by atoms with Gasteiger partial charge in [-0.3, -0.25) is 4.90 Å². The minimum atomic E-state index is -0.982. The van der Waals surface area contributed by atoms with Crippen molar-refractivity contribution < 1.29 is 13.9 Å². The number of halogens is 1. The average molecular weight is 428 g/mol. The molecule has 2 amide bonds. The molecular weight excluding hydrogens is 393 g/mol. The fourth-order valence-corrected chi connectivity index (χ4v) is 4.33. The van der Waals surface area contributed by atoms with E-state index in [1.54, 1.807) is 0 Å². The Morgan fingerprint density at radius 3 is 2.84 bits per heavy atom. The normalized spacial score (nSPS) is 22.1. The smallest absolute Gasteiger partial charge is 0.315 e. The van der Waals surface area contributed by atoms with E-state index in [9.17, 15) is 9.18 Å². The third-order valence-electron chi connectivity index (χ3n) is 6.39. The summed E-state index contributed by atoms with van der Waals surface area (Å²) in [6.45, 7) is 7.25. The van der Waals surface area contributed by atoms with Crippen LogP contribution < -0.4 is 15.4 Å². The van der Waals surface area contributed by atoms with Gasteiger partial charge < -0.3 is 15.4 Å². The molecule has 1 heterocycles. The Hall–Kier alpha value is -2.34. The zero-order valence-electron chi connectivity index (χ0n) is 18.6. The summed E-state index contributed by atoms with van der Waals surface area (Å²) in [5.41, 5.74) is 4.38. The minimum absolute atomic E-state index is 0.0118. The Balaban J connectivity index is 1.32. The molecule has 0 bridgehead atoms. The first-order valence-corrected chi connectivity index (χ1v) is 11.6. The first-order valence-electron chi connectivity index (χ1n) is 11.6. The lowest BCUT2D eigenvalue weighted by Crippen LogP contribution is -2.41. The predicted octanol–water partition coefficient (Wildman–Crippen LogP) is 4.66. The number of hydrogen-bond acceptors (Lipinski definition) is 3. The quantitative estimate of drug-likeness (QED) is 0.635. The Morgan fingerprint density at radius 2 is 2.13 bits per heavy atom. The average Bonchev–Trinajstić information content (AvgIpc) is 3.58. The van der Waals surface area contributed by atoms with E-state index in [4.69, 9.17) is 4.74 Å². The van der Waals surface area contributed by atoms with E-state index in [0.29, 0.717) is 19.0 Å². The molecule has 1 aromatic carbocycles. The van der Waals surface area contributed by atoms with Gasteiger partial charge in [-0.05, 0) is 74.3 Å². The molecule has 2 N–H and O–H groups in total. The first-order chi connectivity index (χ1) is 15.0. The van der Waals surface area contributed by atoms with Gasteiger partial charge in [-0.2, -0.15) is 0 Å². The summed E-state index contributed by atoms with van der Waals surface area (Å²) in [4.78, 5) is 13.9. The zero-order valence-corrected chi connectivity index (χ0v) is 18.6. The minimum Gasteiger partial charge on any atom is -0.493 e. The molecule has 31 heavy (non-hydrogen) atoms. The highest BCUT2D eigenvalue weighted by Gasteiger charge is 2.27. The topological polar surface area (TPSA) is 53.6 Å². The van der Waals surface area contributed by atoms with Gasteiger partial charge >= 0.3 is 6.03 Å². The molecule has 0 saturated heterocycles. The van der Waals surface area contributed by atoms with Gasteiger partial charge in [-0.25, -0.2) is 9.18 Å².